The molecule has 1 nitrogen and oxygen atoms in total. The maximum Gasteiger partial charge on any atom is 0.0417 e. The highest BCUT2D eigenvalue weighted by atomic mass is 32.2. The second-order valence-electron chi connectivity index (χ2n) is 2.41. The van der Waals surface area contributed by atoms with E-state index in [9.17, 15) is 0 Å². The van der Waals surface area contributed by atoms with Crippen LogP contribution in [0.4, 0.5) is 0 Å². The number of hydrogen-bond donors (Lipinski definition) is 1. The lowest BCUT2D eigenvalue weighted by atomic mass is 10.4. The minimum Gasteiger partial charge on any atom is -0.308 e. The molecule has 62 valence electrons. The fraction of sp³-hybridized carbons (Fsp3) is 1.00. The van der Waals surface area contributed by atoms with Gasteiger partial charge in [-0.15, -0.1) is 11.8 Å². The Morgan fingerprint density at radius 3 is 2.60 bits per heavy atom. The van der Waals surface area contributed by atoms with Gasteiger partial charge in [-0.25, -0.2) is 0 Å². The van der Waals surface area contributed by atoms with E-state index < -0.39 is 0 Å². The van der Waals surface area contributed by atoms with E-state index in [-0.39, 0.29) is 0 Å². The summed E-state index contributed by atoms with van der Waals surface area (Å²) in [4.78, 5) is 0. The third-order valence-corrected chi connectivity index (χ3v) is 2.26. The highest BCUT2D eigenvalue weighted by Crippen LogP contribution is 2.01. The molecule has 0 aliphatic heterocycles. The molecule has 2 heteroatoms. The molecule has 0 aliphatic carbocycles. The van der Waals surface area contributed by atoms with Crippen molar-refractivity contribution in [2.75, 3.05) is 18.2 Å². The van der Waals surface area contributed by atoms with E-state index in [2.05, 4.69) is 19.2 Å². The molecule has 0 saturated carbocycles. The Morgan fingerprint density at radius 1 is 1.20 bits per heavy atom. The average Bonchev–Trinajstić information content (AvgIpc) is 1.97. The molecule has 0 bridgehead atoms. The number of unbranched alkanes of at least 4 members (excludes halogenated alkanes) is 1. The molecule has 0 aliphatic rings. The smallest absolute Gasteiger partial charge is 0.0417 e. The van der Waals surface area contributed by atoms with Crippen molar-refractivity contribution in [1.82, 2.24) is 5.32 Å². The van der Waals surface area contributed by atoms with Crippen molar-refractivity contribution in [3.63, 3.8) is 0 Å². The van der Waals surface area contributed by atoms with E-state index in [1.54, 1.807) is 0 Å². The van der Waals surface area contributed by atoms with Crippen LogP contribution in [0.5, 0.6) is 0 Å². The first-order valence-electron chi connectivity index (χ1n) is 4.20. The van der Waals surface area contributed by atoms with Crippen LogP contribution in [0.25, 0.3) is 0 Å². The van der Waals surface area contributed by atoms with Gasteiger partial charge in [0.2, 0.25) is 0 Å². The summed E-state index contributed by atoms with van der Waals surface area (Å²) < 4.78 is 0. The lowest BCUT2D eigenvalue weighted by Gasteiger charge is -2.00. The number of rotatable bonds is 7. The van der Waals surface area contributed by atoms with Crippen molar-refractivity contribution in [3.05, 3.63) is 0 Å². The predicted octanol–water partition coefficient (Wildman–Crippen LogP) is 2.48. The minimum atomic E-state index is 1.13. The van der Waals surface area contributed by atoms with Gasteiger partial charge >= 0.3 is 0 Å². The van der Waals surface area contributed by atoms with Crippen LogP contribution < -0.4 is 5.32 Å². The summed E-state index contributed by atoms with van der Waals surface area (Å²) in [6.45, 7) is 5.60. The molecule has 1 N–H and O–H groups in total. The van der Waals surface area contributed by atoms with Gasteiger partial charge in [0.15, 0.2) is 0 Å². The van der Waals surface area contributed by atoms with Crippen LogP contribution in [0.1, 0.15) is 33.1 Å². The van der Waals surface area contributed by atoms with Crippen molar-refractivity contribution in [3.8, 4) is 0 Å². The van der Waals surface area contributed by atoms with Gasteiger partial charge in [0.25, 0.3) is 0 Å². The Bertz CT molecular complexity index is 49.2. The molecule has 0 radical (unpaired) electrons. The summed E-state index contributed by atoms with van der Waals surface area (Å²) in [5, 5.41) is 3.36. The van der Waals surface area contributed by atoms with E-state index in [1.807, 2.05) is 11.8 Å². The predicted molar refractivity (Wildman–Crippen MR) is 50.5 cm³/mol. The van der Waals surface area contributed by atoms with Crippen molar-refractivity contribution >= 4 is 11.8 Å². The van der Waals surface area contributed by atoms with Crippen LogP contribution in [0.15, 0.2) is 0 Å². The Hall–Kier alpha value is 0.310. The number of thioether (sulfide) groups is 1. The van der Waals surface area contributed by atoms with Gasteiger partial charge in [-0.2, -0.15) is 0 Å². The Labute approximate surface area is 69.0 Å². The molecule has 0 aromatic heterocycles. The molecule has 0 saturated heterocycles. The van der Waals surface area contributed by atoms with Crippen LogP contribution in [0.2, 0.25) is 0 Å². The molecule has 0 heterocycles. The molecule has 0 aromatic carbocycles. The summed E-state index contributed by atoms with van der Waals surface area (Å²) >= 11 is 2.01. The number of nitrogens with one attached hydrogen (secondary N) is 1. The Balaban J connectivity index is 2.65. The van der Waals surface area contributed by atoms with E-state index in [0.29, 0.717) is 0 Å². The molecule has 0 amide bonds. The molecule has 10 heavy (non-hydrogen) atoms. The van der Waals surface area contributed by atoms with Crippen molar-refractivity contribution < 1.29 is 0 Å². The fourth-order valence-corrected chi connectivity index (χ4v) is 1.57. The standard InChI is InChI=1S/C8H19NS/c1-3-5-7-10-8-9-6-4-2/h9H,3-8H2,1-2H3. The monoisotopic (exact) mass is 161 g/mol. The molecule has 0 spiro atoms. The average molecular weight is 161 g/mol. The van der Waals surface area contributed by atoms with Crippen LogP contribution in [-0.4, -0.2) is 18.2 Å². The van der Waals surface area contributed by atoms with Crippen LogP contribution in [0.3, 0.4) is 0 Å². The quantitative estimate of drug-likeness (QED) is 0.455. The molecule has 0 fully saturated rings. The zero-order valence-corrected chi connectivity index (χ0v) is 7.97. The summed E-state index contributed by atoms with van der Waals surface area (Å²) in [5.74, 6) is 2.45. The van der Waals surface area contributed by atoms with Gasteiger partial charge in [0.1, 0.15) is 0 Å². The minimum absolute atomic E-state index is 1.13. The Kier molecular flexibility index (Phi) is 9.60. The topological polar surface area (TPSA) is 12.0 Å². The van der Waals surface area contributed by atoms with Gasteiger partial charge in [-0.05, 0) is 25.1 Å². The first kappa shape index (κ1) is 10.3. The van der Waals surface area contributed by atoms with Gasteiger partial charge < -0.3 is 5.32 Å². The molecular weight excluding hydrogens is 142 g/mol. The van der Waals surface area contributed by atoms with E-state index in [1.165, 1.54) is 31.6 Å². The maximum absolute atomic E-state index is 3.36. The largest absolute Gasteiger partial charge is 0.308 e. The third kappa shape index (κ3) is 8.31. The van der Waals surface area contributed by atoms with Gasteiger partial charge in [-0.3, -0.25) is 0 Å². The second-order valence-corrected chi connectivity index (χ2v) is 3.51. The van der Waals surface area contributed by atoms with Crippen LogP contribution in [-0.2, 0) is 0 Å². The SMILES string of the molecule is CCCCSCNCCC. The van der Waals surface area contributed by atoms with Gasteiger partial charge in [0.05, 0.1) is 0 Å². The van der Waals surface area contributed by atoms with E-state index in [4.69, 9.17) is 0 Å². The summed E-state index contributed by atoms with van der Waals surface area (Å²) in [6, 6.07) is 0. The maximum atomic E-state index is 3.36. The summed E-state index contributed by atoms with van der Waals surface area (Å²) in [5.41, 5.74) is 0. The first-order chi connectivity index (χ1) is 4.91. The molecule has 0 rings (SSSR count). The lowest BCUT2D eigenvalue weighted by Crippen LogP contribution is -2.13. The van der Waals surface area contributed by atoms with Crippen LogP contribution in [0, 0.1) is 0 Å². The van der Waals surface area contributed by atoms with E-state index >= 15 is 0 Å². The molecule has 0 aromatic rings. The third-order valence-electron chi connectivity index (χ3n) is 1.27. The normalized spacial score (nSPS) is 10.2. The van der Waals surface area contributed by atoms with Crippen molar-refractivity contribution in [2.45, 2.75) is 33.1 Å². The zero-order valence-electron chi connectivity index (χ0n) is 7.15. The highest BCUT2D eigenvalue weighted by Gasteiger charge is 1.85. The molecule has 0 unspecified atom stereocenters. The first-order valence-corrected chi connectivity index (χ1v) is 5.35. The molecule has 0 atom stereocenters. The zero-order chi connectivity index (χ0) is 7.66. The van der Waals surface area contributed by atoms with Crippen molar-refractivity contribution in [1.29, 1.82) is 0 Å². The van der Waals surface area contributed by atoms with Gasteiger partial charge in [-0.1, -0.05) is 20.3 Å². The highest BCUT2D eigenvalue weighted by molar-refractivity contribution is 7.99. The Morgan fingerprint density at radius 2 is 2.00 bits per heavy atom. The van der Waals surface area contributed by atoms with Crippen LogP contribution >= 0.6 is 11.8 Å². The molecular formula is C8H19NS. The number of hydrogen-bond acceptors (Lipinski definition) is 2. The van der Waals surface area contributed by atoms with E-state index in [0.717, 1.165) is 5.88 Å². The second kappa shape index (κ2) is 9.31. The van der Waals surface area contributed by atoms with Crippen molar-refractivity contribution in [2.24, 2.45) is 0 Å². The lowest BCUT2D eigenvalue weighted by molar-refractivity contribution is 0.755. The summed E-state index contributed by atoms with van der Waals surface area (Å²) in [6.07, 6.45) is 3.92. The summed E-state index contributed by atoms with van der Waals surface area (Å²) in [7, 11) is 0. The van der Waals surface area contributed by atoms with Gasteiger partial charge in [0, 0.05) is 5.88 Å². The fourth-order valence-electron chi connectivity index (χ4n) is 0.640.